The first kappa shape index (κ1) is 34.0. The van der Waals surface area contributed by atoms with Crippen LogP contribution in [0.15, 0.2) is 66.7 Å². The topological polar surface area (TPSA) is 142 Å². The number of unbranched alkanes of at least 4 members (excludes halogenated alkanes) is 1. The maximum atomic E-state index is 12.1. The van der Waals surface area contributed by atoms with Gasteiger partial charge in [0.15, 0.2) is 0 Å². The van der Waals surface area contributed by atoms with Crippen LogP contribution in [0.5, 0.6) is 0 Å². The van der Waals surface area contributed by atoms with Crippen LogP contribution in [0.3, 0.4) is 0 Å². The van der Waals surface area contributed by atoms with Crippen LogP contribution in [0.25, 0.3) is 0 Å². The quantitative estimate of drug-likeness (QED) is 0.0668. The lowest BCUT2D eigenvalue weighted by molar-refractivity contribution is -0.164. The van der Waals surface area contributed by atoms with E-state index in [9.17, 15) is 29.7 Å². The predicted molar refractivity (Wildman–Crippen MR) is 162 cm³/mol. The molecule has 1 aliphatic carbocycles. The highest BCUT2D eigenvalue weighted by atomic mass is 16.7. The molecule has 2 aromatic rings. The molecule has 9 heteroatoms. The normalized spacial score (nSPS) is 21.3. The van der Waals surface area contributed by atoms with E-state index < -0.39 is 36.7 Å². The van der Waals surface area contributed by atoms with Gasteiger partial charge in [-0.3, -0.25) is 9.59 Å². The number of esters is 1. The molecule has 6 atom stereocenters. The first-order chi connectivity index (χ1) is 20.7. The Bertz CT molecular complexity index is 1170. The Balaban J connectivity index is 1.29. The number of carbonyl (C=O) groups is 3. The second-order valence-corrected chi connectivity index (χ2v) is 11.2. The van der Waals surface area contributed by atoms with Crippen LogP contribution >= 0.6 is 0 Å². The monoisotopic (exact) mass is 595 g/mol. The highest BCUT2D eigenvalue weighted by Gasteiger charge is 2.40. The van der Waals surface area contributed by atoms with E-state index in [0.29, 0.717) is 50.5 Å². The van der Waals surface area contributed by atoms with Gasteiger partial charge in [-0.1, -0.05) is 60.7 Å². The Kier molecular flexibility index (Phi) is 14.4. The van der Waals surface area contributed by atoms with Crippen molar-refractivity contribution < 1.29 is 39.2 Å². The molecule has 0 saturated heterocycles. The largest absolute Gasteiger partial charge is 0.425 e. The molecule has 9 nitrogen and oxygen atoms in total. The lowest BCUT2D eigenvalue weighted by Gasteiger charge is -2.23. The number of aryl methyl sites for hydroxylation is 1. The third-order valence-electron chi connectivity index (χ3n) is 7.88. The molecular weight excluding hydrogens is 550 g/mol. The average Bonchev–Trinajstić information content (AvgIpc) is 3.27. The first-order valence-corrected chi connectivity index (χ1v) is 15.2. The fourth-order valence-electron chi connectivity index (χ4n) is 5.56. The van der Waals surface area contributed by atoms with Crippen molar-refractivity contribution in [3.8, 4) is 0 Å². The minimum Gasteiger partial charge on any atom is -0.425 e. The number of benzene rings is 2. The van der Waals surface area contributed by atoms with Gasteiger partial charge in [0.2, 0.25) is 6.29 Å². The standard InChI is InChI=1S/C34H45NO8/c1-24(43-34(41)35-22-26-12-9-13-27(20-26)23-36)42-33(40)15-8-3-2-7-14-29-30(32(39)21-31(29)38)19-18-28(37)17-16-25-10-5-4-6-11-25/h2,4-7,9-13,20,23-24,28-32,37-39H,3,8,14-19,21-22H2,1H3,(H,35,41)/b7-2-/t24?,28-,29+,30+,31-,32+/m0/s1. The van der Waals surface area contributed by atoms with Crippen LogP contribution in [0, 0.1) is 11.8 Å². The van der Waals surface area contributed by atoms with E-state index >= 15 is 0 Å². The second-order valence-electron chi connectivity index (χ2n) is 11.2. The maximum Gasteiger partial charge on any atom is 0.410 e. The second kappa shape index (κ2) is 18.2. The van der Waals surface area contributed by atoms with E-state index in [0.717, 1.165) is 18.3 Å². The molecule has 0 spiro atoms. The van der Waals surface area contributed by atoms with Crippen LogP contribution in [0.4, 0.5) is 4.79 Å². The molecule has 0 heterocycles. The zero-order valence-corrected chi connectivity index (χ0v) is 24.8. The van der Waals surface area contributed by atoms with Gasteiger partial charge in [0.1, 0.15) is 6.29 Å². The van der Waals surface area contributed by atoms with Gasteiger partial charge in [-0.25, -0.2) is 4.79 Å². The molecule has 0 radical (unpaired) electrons. The van der Waals surface area contributed by atoms with E-state index in [2.05, 4.69) is 5.32 Å². The number of hydrogen-bond donors (Lipinski definition) is 4. The minimum atomic E-state index is -1.05. The van der Waals surface area contributed by atoms with Gasteiger partial charge in [-0.2, -0.15) is 0 Å². The molecule has 1 saturated carbocycles. The number of amides is 1. The summed E-state index contributed by atoms with van der Waals surface area (Å²) in [5, 5.41) is 34.1. The molecule has 2 aromatic carbocycles. The number of carbonyl (C=O) groups excluding carboxylic acids is 3. The lowest BCUT2D eigenvalue weighted by Crippen LogP contribution is -2.29. The predicted octanol–water partition coefficient (Wildman–Crippen LogP) is 4.86. The number of allylic oxidation sites excluding steroid dienone is 2. The zero-order chi connectivity index (χ0) is 31.0. The van der Waals surface area contributed by atoms with Gasteiger partial charge in [0.25, 0.3) is 0 Å². The molecule has 1 amide bonds. The fourth-order valence-corrected chi connectivity index (χ4v) is 5.56. The van der Waals surface area contributed by atoms with E-state index in [1.807, 2.05) is 42.5 Å². The first-order valence-electron chi connectivity index (χ1n) is 15.2. The van der Waals surface area contributed by atoms with Crippen LogP contribution in [-0.2, 0) is 27.2 Å². The molecular formula is C34H45NO8. The Morgan fingerprint density at radius 2 is 1.72 bits per heavy atom. The summed E-state index contributed by atoms with van der Waals surface area (Å²) in [5.41, 5.74) is 2.43. The molecule has 4 N–H and O–H groups in total. The summed E-state index contributed by atoms with van der Waals surface area (Å²) in [4.78, 5) is 35.0. The van der Waals surface area contributed by atoms with E-state index in [1.54, 1.807) is 24.3 Å². The molecule has 1 unspecified atom stereocenters. The number of alkyl carbamates (subject to hydrolysis) is 1. The summed E-state index contributed by atoms with van der Waals surface area (Å²) < 4.78 is 10.2. The van der Waals surface area contributed by atoms with Crippen LogP contribution in [-0.4, -0.2) is 58.3 Å². The van der Waals surface area contributed by atoms with Crippen molar-refractivity contribution in [2.75, 3.05) is 0 Å². The Hall–Kier alpha value is -3.53. The average molecular weight is 596 g/mol. The lowest BCUT2D eigenvalue weighted by atomic mass is 9.85. The molecule has 43 heavy (non-hydrogen) atoms. The van der Waals surface area contributed by atoms with Crippen LogP contribution in [0.1, 0.15) is 79.8 Å². The SMILES string of the molecule is CC(OC(=O)CCC/C=C\C[C@@H]1[C@@H](CC[C@@H](O)CCc2ccccc2)[C@H](O)C[C@@H]1O)OC(=O)NCc1cccc(C=O)c1. The minimum absolute atomic E-state index is 0.0683. The Morgan fingerprint density at radius 3 is 2.49 bits per heavy atom. The van der Waals surface area contributed by atoms with Gasteiger partial charge in [0, 0.05) is 25.5 Å². The summed E-state index contributed by atoms with van der Waals surface area (Å²) in [6.07, 6.45) is 6.30. The number of rotatable bonds is 17. The van der Waals surface area contributed by atoms with Gasteiger partial charge >= 0.3 is 12.1 Å². The van der Waals surface area contributed by atoms with Gasteiger partial charge in [0.05, 0.1) is 18.3 Å². The van der Waals surface area contributed by atoms with Crippen molar-refractivity contribution in [1.29, 1.82) is 0 Å². The fraction of sp³-hybridized carbons (Fsp3) is 0.500. The summed E-state index contributed by atoms with van der Waals surface area (Å²) >= 11 is 0. The van der Waals surface area contributed by atoms with Crippen molar-refractivity contribution in [1.82, 2.24) is 5.32 Å². The number of hydrogen-bond acceptors (Lipinski definition) is 8. The molecule has 1 fully saturated rings. The molecule has 3 rings (SSSR count). The highest BCUT2D eigenvalue weighted by molar-refractivity contribution is 5.75. The van der Waals surface area contributed by atoms with Crippen molar-refractivity contribution >= 4 is 18.3 Å². The van der Waals surface area contributed by atoms with Crippen LogP contribution in [0.2, 0.25) is 0 Å². The number of nitrogens with one attached hydrogen (secondary N) is 1. The molecule has 234 valence electrons. The van der Waals surface area contributed by atoms with Crippen LogP contribution < -0.4 is 5.32 Å². The number of aliphatic hydroxyl groups is 3. The molecule has 0 aliphatic heterocycles. The van der Waals surface area contributed by atoms with E-state index in [-0.39, 0.29) is 24.8 Å². The number of aldehydes is 1. The Labute approximate surface area is 253 Å². The van der Waals surface area contributed by atoms with E-state index in [4.69, 9.17) is 9.47 Å². The highest BCUT2D eigenvalue weighted by Crippen LogP contribution is 2.38. The van der Waals surface area contributed by atoms with Gasteiger partial charge in [-0.05, 0) is 80.4 Å². The van der Waals surface area contributed by atoms with Gasteiger partial charge in [-0.15, -0.1) is 0 Å². The Morgan fingerprint density at radius 1 is 0.977 bits per heavy atom. The summed E-state index contributed by atoms with van der Waals surface area (Å²) in [6, 6.07) is 16.8. The summed E-state index contributed by atoms with van der Waals surface area (Å²) in [5.74, 6) is -0.621. The molecule has 1 aliphatic rings. The van der Waals surface area contributed by atoms with Crippen molar-refractivity contribution in [2.45, 2.75) is 95.9 Å². The maximum absolute atomic E-state index is 12.1. The van der Waals surface area contributed by atoms with E-state index in [1.165, 1.54) is 12.5 Å². The number of aliphatic hydroxyl groups excluding tert-OH is 3. The zero-order valence-electron chi connectivity index (χ0n) is 24.8. The van der Waals surface area contributed by atoms with Crippen molar-refractivity contribution in [2.24, 2.45) is 11.8 Å². The smallest absolute Gasteiger partial charge is 0.410 e. The summed E-state index contributed by atoms with van der Waals surface area (Å²) in [7, 11) is 0. The third kappa shape index (κ3) is 12.3. The van der Waals surface area contributed by atoms with Crippen molar-refractivity contribution in [3.05, 3.63) is 83.4 Å². The van der Waals surface area contributed by atoms with Gasteiger partial charge < -0.3 is 30.1 Å². The number of ether oxygens (including phenoxy) is 2. The van der Waals surface area contributed by atoms with Crippen molar-refractivity contribution in [3.63, 3.8) is 0 Å². The third-order valence-corrected chi connectivity index (χ3v) is 7.88. The molecule has 0 bridgehead atoms. The molecule has 0 aromatic heterocycles. The summed E-state index contributed by atoms with van der Waals surface area (Å²) in [6.45, 7) is 1.63.